The number of nitrogens with zero attached hydrogens (tertiary/aromatic N) is 2. The van der Waals surface area contributed by atoms with Crippen LogP contribution in [0.4, 0.5) is 0 Å². The number of carboxylic acids is 1. The van der Waals surface area contributed by atoms with E-state index >= 15 is 0 Å². The number of carboxylic acid groups (broad SMARTS) is 1. The van der Waals surface area contributed by atoms with E-state index in [0.717, 1.165) is 15.5 Å². The van der Waals surface area contributed by atoms with Gasteiger partial charge in [0.2, 0.25) is 0 Å². The second kappa shape index (κ2) is 2.85. The van der Waals surface area contributed by atoms with Gasteiger partial charge in [-0.05, 0) is 6.92 Å². The number of thiazole rings is 1. The SMILES string of the molecule is Cc1ncc2sc(CC(=O)O)cn12. The quantitative estimate of drug-likeness (QED) is 0.788. The molecule has 0 bridgehead atoms. The second-order valence-electron chi connectivity index (χ2n) is 2.78. The van der Waals surface area contributed by atoms with Crippen LogP contribution in [-0.2, 0) is 11.2 Å². The fraction of sp³-hybridized carbons (Fsp3) is 0.250. The highest BCUT2D eigenvalue weighted by atomic mass is 32.1. The molecule has 0 aliphatic rings. The molecule has 0 aromatic carbocycles. The van der Waals surface area contributed by atoms with E-state index in [9.17, 15) is 4.79 Å². The first-order chi connectivity index (χ1) is 6.16. The summed E-state index contributed by atoms with van der Waals surface area (Å²) in [6, 6.07) is 0. The fourth-order valence-corrected chi connectivity index (χ4v) is 2.21. The zero-order valence-electron chi connectivity index (χ0n) is 7.02. The highest BCUT2D eigenvalue weighted by Crippen LogP contribution is 2.19. The average molecular weight is 196 g/mol. The number of hydrogen-bond donors (Lipinski definition) is 1. The van der Waals surface area contributed by atoms with E-state index in [-0.39, 0.29) is 6.42 Å². The molecule has 68 valence electrons. The first-order valence-electron chi connectivity index (χ1n) is 3.81. The zero-order valence-corrected chi connectivity index (χ0v) is 7.84. The number of aryl methyl sites for hydroxylation is 1. The molecule has 0 atom stereocenters. The number of imidazole rings is 1. The molecular formula is C8H8N2O2S. The monoisotopic (exact) mass is 196 g/mol. The van der Waals surface area contributed by atoms with Crippen molar-refractivity contribution in [3.05, 3.63) is 23.1 Å². The van der Waals surface area contributed by atoms with Gasteiger partial charge in [0.1, 0.15) is 10.7 Å². The molecule has 0 unspecified atom stereocenters. The summed E-state index contributed by atoms with van der Waals surface area (Å²) in [5, 5.41) is 8.58. The molecule has 13 heavy (non-hydrogen) atoms. The van der Waals surface area contributed by atoms with Gasteiger partial charge in [0.25, 0.3) is 0 Å². The largest absolute Gasteiger partial charge is 0.481 e. The maximum absolute atomic E-state index is 10.4. The van der Waals surface area contributed by atoms with Crippen LogP contribution in [-0.4, -0.2) is 20.5 Å². The maximum atomic E-state index is 10.4. The molecule has 2 heterocycles. The van der Waals surface area contributed by atoms with Crippen LogP contribution in [0.25, 0.3) is 4.83 Å². The molecule has 5 heteroatoms. The number of hydrogen-bond acceptors (Lipinski definition) is 3. The Balaban J connectivity index is 2.44. The van der Waals surface area contributed by atoms with Gasteiger partial charge in [0, 0.05) is 11.1 Å². The van der Waals surface area contributed by atoms with Gasteiger partial charge >= 0.3 is 5.97 Å². The predicted octanol–water partition coefficient (Wildman–Crippen LogP) is 1.33. The van der Waals surface area contributed by atoms with Crippen LogP contribution in [0.1, 0.15) is 10.7 Å². The zero-order chi connectivity index (χ0) is 9.42. The van der Waals surface area contributed by atoms with E-state index in [1.807, 2.05) is 17.5 Å². The molecule has 0 saturated carbocycles. The molecule has 0 amide bonds. The van der Waals surface area contributed by atoms with E-state index in [0.29, 0.717) is 0 Å². The number of fused-ring (bicyclic) bond motifs is 1. The third-order valence-corrected chi connectivity index (χ3v) is 2.81. The van der Waals surface area contributed by atoms with E-state index in [4.69, 9.17) is 5.11 Å². The van der Waals surface area contributed by atoms with Gasteiger partial charge in [-0.25, -0.2) is 4.98 Å². The minimum atomic E-state index is -0.796. The highest BCUT2D eigenvalue weighted by Gasteiger charge is 2.07. The molecule has 2 aromatic heterocycles. The predicted molar refractivity (Wildman–Crippen MR) is 49.1 cm³/mol. The third-order valence-electron chi connectivity index (χ3n) is 1.78. The highest BCUT2D eigenvalue weighted by molar-refractivity contribution is 7.17. The van der Waals surface area contributed by atoms with Gasteiger partial charge in [-0.3, -0.25) is 9.20 Å². The fourth-order valence-electron chi connectivity index (χ4n) is 1.20. The smallest absolute Gasteiger partial charge is 0.308 e. The molecule has 0 aliphatic carbocycles. The standard InChI is InChI=1S/C8H8N2O2S/c1-5-9-3-7-10(5)4-6(13-7)2-8(11)12/h3-4H,2H2,1H3,(H,11,12). The summed E-state index contributed by atoms with van der Waals surface area (Å²) in [6.45, 7) is 1.89. The summed E-state index contributed by atoms with van der Waals surface area (Å²) in [5.41, 5.74) is 0. The lowest BCUT2D eigenvalue weighted by Crippen LogP contribution is -1.97. The molecule has 0 spiro atoms. The van der Waals surface area contributed by atoms with E-state index in [1.165, 1.54) is 11.3 Å². The molecule has 0 aliphatic heterocycles. The lowest BCUT2D eigenvalue weighted by molar-refractivity contribution is -0.136. The van der Waals surface area contributed by atoms with Crippen molar-refractivity contribution in [2.24, 2.45) is 0 Å². The molecule has 0 radical (unpaired) electrons. The minimum absolute atomic E-state index is 0.0891. The van der Waals surface area contributed by atoms with Gasteiger partial charge < -0.3 is 5.11 Å². The summed E-state index contributed by atoms with van der Waals surface area (Å²) >= 11 is 1.47. The molecule has 1 N–H and O–H groups in total. The Labute approximate surface area is 78.5 Å². The third kappa shape index (κ3) is 1.42. The number of aliphatic carboxylic acids is 1. The first kappa shape index (κ1) is 8.25. The number of aromatic nitrogens is 2. The van der Waals surface area contributed by atoms with Crippen molar-refractivity contribution < 1.29 is 9.90 Å². The van der Waals surface area contributed by atoms with Crippen molar-refractivity contribution in [3.8, 4) is 0 Å². The Hall–Kier alpha value is -1.36. The molecular weight excluding hydrogens is 188 g/mol. The maximum Gasteiger partial charge on any atom is 0.308 e. The van der Waals surface area contributed by atoms with Crippen LogP contribution in [0.3, 0.4) is 0 Å². The molecule has 2 rings (SSSR count). The van der Waals surface area contributed by atoms with Crippen LogP contribution in [0.2, 0.25) is 0 Å². The lowest BCUT2D eigenvalue weighted by atomic mass is 10.4. The van der Waals surface area contributed by atoms with Crippen LogP contribution in [0.15, 0.2) is 12.4 Å². The van der Waals surface area contributed by atoms with Crippen molar-refractivity contribution in [1.82, 2.24) is 9.38 Å². The molecule has 0 saturated heterocycles. The normalized spacial score (nSPS) is 10.8. The summed E-state index contributed by atoms with van der Waals surface area (Å²) in [7, 11) is 0. The van der Waals surface area contributed by atoms with Gasteiger partial charge in [-0.15, -0.1) is 11.3 Å². The Morgan fingerprint density at radius 3 is 3.15 bits per heavy atom. The summed E-state index contributed by atoms with van der Waals surface area (Å²) in [5.74, 6) is 0.0954. The number of rotatable bonds is 2. The van der Waals surface area contributed by atoms with Crippen molar-refractivity contribution in [2.45, 2.75) is 13.3 Å². The van der Waals surface area contributed by atoms with E-state index in [2.05, 4.69) is 4.98 Å². The second-order valence-corrected chi connectivity index (χ2v) is 3.93. The average Bonchev–Trinajstić information content (AvgIpc) is 2.53. The Kier molecular flexibility index (Phi) is 1.81. The van der Waals surface area contributed by atoms with Crippen molar-refractivity contribution >= 4 is 22.1 Å². The van der Waals surface area contributed by atoms with Gasteiger partial charge in [-0.2, -0.15) is 0 Å². The van der Waals surface area contributed by atoms with E-state index in [1.54, 1.807) is 6.20 Å². The molecule has 0 fully saturated rings. The van der Waals surface area contributed by atoms with Gasteiger partial charge in [0.15, 0.2) is 0 Å². The lowest BCUT2D eigenvalue weighted by Gasteiger charge is -1.87. The Bertz CT molecular complexity index is 458. The Morgan fingerprint density at radius 2 is 2.54 bits per heavy atom. The number of carbonyl (C=O) groups is 1. The molecule has 4 nitrogen and oxygen atoms in total. The molecule has 2 aromatic rings. The summed E-state index contributed by atoms with van der Waals surface area (Å²) < 4.78 is 1.91. The topological polar surface area (TPSA) is 54.6 Å². The summed E-state index contributed by atoms with van der Waals surface area (Å²) in [4.78, 5) is 16.4. The van der Waals surface area contributed by atoms with Crippen molar-refractivity contribution in [1.29, 1.82) is 0 Å². The van der Waals surface area contributed by atoms with Crippen molar-refractivity contribution in [2.75, 3.05) is 0 Å². The van der Waals surface area contributed by atoms with Gasteiger partial charge in [-0.1, -0.05) is 0 Å². The first-order valence-corrected chi connectivity index (χ1v) is 4.62. The summed E-state index contributed by atoms with van der Waals surface area (Å²) in [6.07, 6.45) is 3.67. The van der Waals surface area contributed by atoms with Crippen molar-refractivity contribution in [3.63, 3.8) is 0 Å². The van der Waals surface area contributed by atoms with Crippen LogP contribution in [0.5, 0.6) is 0 Å². The van der Waals surface area contributed by atoms with Crippen LogP contribution < -0.4 is 0 Å². The van der Waals surface area contributed by atoms with Crippen LogP contribution >= 0.6 is 11.3 Å². The van der Waals surface area contributed by atoms with Gasteiger partial charge in [0.05, 0.1) is 12.6 Å². The van der Waals surface area contributed by atoms with Crippen LogP contribution in [0, 0.1) is 6.92 Å². The minimum Gasteiger partial charge on any atom is -0.481 e. The Morgan fingerprint density at radius 1 is 1.77 bits per heavy atom. The van der Waals surface area contributed by atoms with E-state index < -0.39 is 5.97 Å².